The van der Waals surface area contributed by atoms with Crippen molar-refractivity contribution >= 4 is 5.78 Å². The summed E-state index contributed by atoms with van der Waals surface area (Å²) in [6.07, 6.45) is 7.65. The van der Waals surface area contributed by atoms with Crippen LogP contribution in [-0.2, 0) is 4.79 Å². The summed E-state index contributed by atoms with van der Waals surface area (Å²) in [5.41, 5.74) is 0. The molecule has 0 saturated heterocycles. The highest BCUT2D eigenvalue weighted by Crippen LogP contribution is 2.50. The lowest BCUT2D eigenvalue weighted by Crippen LogP contribution is -2.42. The van der Waals surface area contributed by atoms with Crippen molar-refractivity contribution < 1.29 is 4.79 Å². The van der Waals surface area contributed by atoms with Crippen LogP contribution in [-0.4, -0.2) is 5.78 Å². The van der Waals surface area contributed by atoms with E-state index in [2.05, 4.69) is 0 Å². The number of carbonyl (C=O) groups excluding carboxylic acids is 1. The van der Waals surface area contributed by atoms with Gasteiger partial charge in [0.2, 0.25) is 0 Å². The van der Waals surface area contributed by atoms with Crippen molar-refractivity contribution in [2.24, 2.45) is 23.7 Å². The first-order valence-corrected chi connectivity index (χ1v) is 5.35. The van der Waals surface area contributed by atoms with Crippen LogP contribution in [0.25, 0.3) is 0 Å². The zero-order valence-electron chi connectivity index (χ0n) is 7.46. The molecule has 0 aromatic rings. The molecule has 0 spiro atoms. The number of rotatable bonds is 0. The van der Waals surface area contributed by atoms with Crippen LogP contribution in [0.3, 0.4) is 0 Å². The smallest absolute Gasteiger partial charge is 0.136 e. The minimum absolute atomic E-state index is 0.491. The molecule has 66 valence electrons. The van der Waals surface area contributed by atoms with Gasteiger partial charge in [0.05, 0.1) is 0 Å². The zero-order chi connectivity index (χ0) is 8.13. The zero-order valence-corrected chi connectivity index (χ0v) is 7.46. The molecular weight excluding hydrogens is 148 g/mol. The van der Waals surface area contributed by atoms with Crippen LogP contribution >= 0.6 is 0 Å². The molecule has 0 aromatic carbocycles. The van der Waals surface area contributed by atoms with E-state index in [1.165, 1.54) is 32.1 Å². The van der Waals surface area contributed by atoms with Crippen molar-refractivity contribution in [2.75, 3.05) is 0 Å². The van der Waals surface area contributed by atoms with Crippen LogP contribution in [0.15, 0.2) is 0 Å². The standard InChI is InChI=1S/C11H16O/c12-11-6-8-2-1-7-3-9(8)5-10(11)4-7/h7-10H,1-6H2. The minimum Gasteiger partial charge on any atom is -0.299 e. The average molecular weight is 164 g/mol. The van der Waals surface area contributed by atoms with Gasteiger partial charge in [0.25, 0.3) is 0 Å². The Morgan fingerprint density at radius 1 is 1.00 bits per heavy atom. The Balaban J connectivity index is 1.92. The summed E-state index contributed by atoms with van der Waals surface area (Å²) in [6.45, 7) is 0. The normalized spacial score (nSPS) is 51.2. The van der Waals surface area contributed by atoms with Crippen molar-refractivity contribution in [1.29, 1.82) is 0 Å². The van der Waals surface area contributed by atoms with Gasteiger partial charge in [0.15, 0.2) is 0 Å². The van der Waals surface area contributed by atoms with Gasteiger partial charge in [-0.25, -0.2) is 0 Å². The molecule has 3 saturated carbocycles. The summed E-state index contributed by atoms with van der Waals surface area (Å²) in [7, 11) is 0. The largest absolute Gasteiger partial charge is 0.299 e. The quantitative estimate of drug-likeness (QED) is 0.537. The van der Waals surface area contributed by atoms with E-state index < -0.39 is 0 Å². The highest BCUT2D eigenvalue weighted by Gasteiger charge is 2.44. The van der Waals surface area contributed by atoms with Crippen molar-refractivity contribution in [2.45, 2.75) is 38.5 Å². The third-order valence-corrected chi connectivity index (χ3v) is 4.37. The maximum Gasteiger partial charge on any atom is 0.136 e. The van der Waals surface area contributed by atoms with Crippen LogP contribution in [0, 0.1) is 23.7 Å². The van der Waals surface area contributed by atoms with Crippen molar-refractivity contribution in [3.8, 4) is 0 Å². The summed E-state index contributed by atoms with van der Waals surface area (Å²) < 4.78 is 0. The molecule has 0 aromatic heterocycles. The van der Waals surface area contributed by atoms with Gasteiger partial charge < -0.3 is 0 Å². The molecule has 0 heterocycles. The van der Waals surface area contributed by atoms with Gasteiger partial charge in [-0.1, -0.05) is 6.42 Å². The summed E-state index contributed by atoms with van der Waals surface area (Å²) >= 11 is 0. The molecule has 3 bridgehead atoms. The van der Waals surface area contributed by atoms with E-state index in [1.54, 1.807) is 0 Å². The fourth-order valence-corrected chi connectivity index (χ4v) is 3.75. The third-order valence-electron chi connectivity index (χ3n) is 4.37. The Bertz CT molecular complexity index is 219. The van der Waals surface area contributed by atoms with Gasteiger partial charge in [-0.3, -0.25) is 4.79 Å². The van der Waals surface area contributed by atoms with Gasteiger partial charge in [-0.2, -0.15) is 0 Å². The second kappa shape index (κ2) is 2.34. The monoisotopic (exact) mass is 164 g/mol. The highest BCUT2D eigenvalue weighted by atomic mass is 16.1. The van der Waals surface area contributed by atoms with E-state index >= 15 is 0 Å². The molecule has 4 unspecified atom stereocenters. The molecule has 1 heteroatoms. The fraction of sp³-hybridized carbons (Fsp3) is 0.909. The summed E-state index contributed by atoms with van der Waals surface area (Å²) in [6, 6.07) is 0. The molecule has 0 radical (unpaired) electrons. The predicted molar refractivity (Wildman–Crippen MR) is 46.7 cm³/mol. The molecule has 4 atom stereocenters. The molecule has 12 heavy (non-hydrogen) atoms. The highest BCUT2D eigenvalue weighted by molar-refractivity contribution is 5.82. The molecule has 3 aliphatic carbocycles. The number of fused-ring (bicyclic) bond motifs is 2. The van der Waals surface area contributed by atoms with Gasteiger partial charge in [0, 0.05) is 12.3 Å². The Hall–Kier alpha value is -0.330. The first-order valence-electron chi connectivity index (χ1n) is 5.35. The summed E-state index contributed by atoms with van der Waals surface area (Å²) in [5, 5.41) is 0. The lowest BCUT2D eigenvalue weighted by atomic mass is 9.57. The molecular formula is C11H16O. The average Bonchev–Trinajstić information content (AvgIpc) is 2.07. The van der Waals surface area contributed by atoms with E-state index in [9.17, 15) is 4.79 Å². The number of Topliss-reactive ketones (excluding diaryl/α,β-unsaturated/α-hetero) is 1. The van der Waals surface area contributed by atoms with Gasteiger partial charge in [-0.15, -0.1) is 0 Å². The van der Waals surface area contributed by atoms with Crippen LogP contribution < -0.4 is 0 Å². The molecule has 3 fully saturated rings. The van der Waals surface area contributed by atoms with Crippen molar-refractivity contribution in [1.82, 2.24) is 0 Å². The third kappa shape index (κ3) is 0.884. The molecule has 0 amide bonds. The Kier molecular flexibility index (Phi) is 1.38. The summed E-state index contributed by atoms with van der Waals surface area (Å²) in [5.74, 6) is 3.76. The summed E-state index contributed by atoms with van der Waals surface area (Å²) in [4.78, 5) is 11.6. The lowest BCUT2D eigenvalue weighted by molar-refractivity contribution is -0.133. The van der Waals surface area contributed by atoms with Crippen LogP contribution in [0.2, 0.25) is 0 Å². The van der Waals surface area contributed by atoms with Gasteiger partial charge in [-0.05, 0) is 43.4 Å². The van der Waals surface area contributed by atoms with E-state index in [-0.39, 0.29) is 0 Å². The molecule has 0 aliphatic heterocycles. The van der Waals surface area contributed by atoms with Gasteiger partial charge >= 0.3 is 0 Å². The number of ketones is 1. The molecule has 0 N–H and O–H groups in total. The van der Waals surface area contributed by atoms with E-state index in [4.69, 9.17) is 0 Å². The molecule has 3 aliphatic rings. The van der Waals surface area contributed by atoms with Crippen molar-refractivity contribution in [3.05, 3.63) is 0 Å². The maximum absolute atomic E-state index is 11.6. The SMILES string of the molecule is O=C1CC2CCC3CC1CC2C3. The first kappa shape index (κ1) is 7.11. The Morgan fingerprint density at radius 3 is 2.83 bits per heavy atom. The lowest BCUT2D eigenvalue weighted by Gasteiger charge is -2.47. The van der Waals surface area contributed by atoms with E-state index in [1.807, 2.05) is 0 Å². The second-order valence-corrected chi connectivity index (χ2v) is 5.04. The van der Waals surface area contributed by atoms with Gasteiger partial charge in [0.1, 0.15) is 5.78 Å². The van der Waals surface area contributed by atoms with Crippen LogP contribution in [0.5, 0.6) is 0 Å². The molecule has 1 nitrogen and oxygen atoms in total. The second-order valence-electron chi connectivity index (χ2n) is 5.04. The fourth-order valence-electron chi connectivity index (χ4n) is 3.75. The number of hydrogen-bond acceptors (Lipinski definition) is 1. The van der Waals surface area contributed by atoms with Crippen LogP contribution in [0.4, 0.5) is 0 Å². The Morgan fingerprint density at radius 2 is 1.92 bits per heavy atom. The van der Waals surface area contributed by atoms with Crippen molar-refractivity contribution in [3.63, 3.8) is 0 Å². The Labute approximate surface area is 73.5 Å². The van der Waals surface area contributed by atoms with Crippen LogP contribution in [0.1, 0.15) is 38.5 Å². The predicted octanol–water partition coefficient (Wildman–Crippen LogP) is 2.40. The minimum atomic E-state index is 0.491. The first-order chi connectivity index (χ1) is 5.83. The molecule has 3 rings (SSSR count). The maximum atomic E-state index is 11.6. The van der Waals surface area contributed by atoms with E-state index in [0.29, 0.717) is 11.7 Å². The topological polar surface area (TPSA) is 17.1 Å². The number of hydrogen-bond donors (Lipinski definition) is 0. The van der Waals surface area contributed by atoms with E-state index in [0.717, 1.165) is 24.2 Å². The number of carbonyl (C=O) groups is 1.